The molecule has 17 heavy (non-hydrogen) atoms. The van der Waals surface area contributed by atoms with Gasteiger partial charge in [0.1, 0.15) is 11.5 Å². The van der Waals surface area contributed by atoms with Gasteiger partial charge in [-0.3, -0.25) is 0 Å². The van der Waals surface area contributed by atoms with Crippen molar-refractivity contribution in [2.24, 2.45) is 7.05 Å². The van der Waals surface area contributed by atoms with Crippen molar-refractivity contribution in [1.82, 2.24) is 14.9 Å². The van der Waals surface area contributed by atoms with Crippen LogP contribution < -0.4 is 5.32 Å². The van der Waals surface area contributed by atoms with Gasteiger partial charge in [-0.25, -0.2) is 9.37 Å². The molecule has 1 N–H and O–H groups in total. The van der Waals surface area contributed by atoms with E-state index < -0.39 is 5.67 Å². The highest BCUT2D eigenvalue weighted by Gasteiger charge is 2.30. The first-order valence-electron chi connectivity index (χ1n) is 6.45. The standard InChI is InChI=1S/C13H22FN3/c1-13(14,9-11-5-3-4-6-15-11)10-12-16-7-8-17(12)2/h7-8,11,15H,3-6,9-10H2,1-2H3. The summed E-state index contributed by atoms with van der Waals surface area (Å²) in [5.74, 6) is 0.825. The highest BCUT2D eigenvalue weighted by Crippen LogP contribution is 2.25. The van der Waals surface area contributed by atoms with Gasteiger partial charge in [0.15, 0.2) is 0 Å². The highest BCUT2D eigenvalue weighted by atomic mass is 19.1. The average Bonchev–Trinajstić information content (AvgIpc) is 2.64. The van der Waals surface area contributed by atoms with Crippen LogP contribution in [0.1, 0.15) is 38.4 Å². The number of imidazole rings is 1. The molecule has 0 radical (unpaired) electrons. The Morgan fingerprint density at radius 1 is 1.59 bits per heavy atom. The lowest BCUT2D eigenvalue weighted by molar-refractivity contribution is 0.142. The van der Waals surface area contributed by atoms with E-state index in [0.717, 1.165) is 18.8 Å². The molecule has 1 aromatic rings. The van der Waals surface area contributed by atoms with E-state index in [0.29, 0.717) is 18.9 Å². The third-order valence-corrected chi connectivity index (χ3v) is 3.53. The summed E-state index contributed by atoms with van der Waals surface area (Å²) in [4.78, 5) is 4.20. The molecule has 0 aliphatic carbocycles. The minimum absolute atomic E-state index is 0.332. The fourth-order valence-electron chi connectivity index (χ4n) is 2.58. The quantitative estimate of drug-likeness (QED) is 0.873. The van der Waals surface area contributed by atoms with Crippen LogP contribution in [0.4, 0.5) is 4.39 Å². The van der Waals surface area contributed by atoms with Gasteiger partial charge in [-0.05, 0) is 32.7 Å². The van der Waals surface area contributed by atoms with Crippen LogP contribution in [0.15, 0.2) is 12.4 Å². The fourth-order valence-corrected chi connectivity index (χ4v) is 2.58. The second-order valence-electron chi connectivity index (χ2n) is 5.40. The first-order chi connectivity index (χ1) is 8.07. The smallest absolute Gasteiger partial charge is 0.116 e. The molecule has 2 unspecified atom stereocenters. The fraction of sp³-hybridized carbons (Fsp3) is 0.769. The first-order valence-corrected chi connectivity index (χ1v) is 6.45. The molecule has 96 valence electrons. The monoisotopic (exact) mass is 239 g/mol. The zero-order valence-electron chi connectivity index (χ0n) is 10.7. The van der Waals surface area contributed by atoms with Crippen LogP contribution in [0.5, 0.6) is 0 Å². The molecule has 1 aromatic heterocycles. The van der Waals surface area contributed by atoms with Crippen LogP contribution in [0.3, 0.4) is 0 Å². The van der Waals surface area contributed by atoms with Crippen LogP contribution in [0.25, 0.3) is 0 Å². The molecule has 4 heteroatoms. The minimum atomic E-state index is -1.17. The minimum Gasteiger partial charge on any atom is -0.338 e. The number of halogens is 1. The number of hydrogen-bond acceptors (Lipinski definition) is 2. The number of nitrogens with zero attached hydrogens (tertiary/aromatic N) is 2. The van der Waals surface area contributed by atoms with E-state index in [4.69, 9.17) is 0 Å². The zero-order valence-corrected chi connectivity index (χ0v) is 10.7. The largest absolute Gasteiger partial charge is 0.338 e. The second-order valence-corrected chi connectivity index (χ2v) is 5.40. The number of aromatic nitrogens is 2. The SMILES string of the molecule is Cn1ccnc1CC(C)(F)CC1CCCCN1. The normalized spacial score (nSPS) is 24.5. The zero-order chi connectivity index (χ0) is 12.3. The molecule has 0 spiro atoms. The number of hydrogen-bond donors (Lipinski definition) is 1. The van der Waals surface area contributed by atoms with Crippen molar-refractivity contribution in [2.75, 3.05) is 6.54 Å². The molecule has 2 rings (SSSR count). The second kappa shape index (κ2) is 5.17. The van der Waals surface area contributed by atoms with Gasteiger partial charge in [-0.1, -0.05) is 6.42 Å². The third kappa shape index (κ3) is 3.53. The van der Waals surface area contributed by atoms with Gasteiger partial charge in [0.2, 0.25) is 0 Å². The van der Waals surface area contributed by atoms with E-state index in [1.807, 2.05) is 17.8 Å². The molecule has 1 fully saturated rings. The Bertz CT molecular complexity index is 353. The molecule has 3 nitrogen and oxygen atoms in total. The van der Waals surface area contributed by atoms with Gasteiger partial charge in [0.05, 0.1) is 0 Å². The molecule has 0 saturated carbocycles. The highest BCUT2D eigenvalue weighted by molar-refractivity contribution is 4.98. The van der Waals surface area contributed by atoms with Crippen molar-refractivity contribution >= 4 is 0 Å². The summed E-state index contributed by atoms with van der Waals surface area (Å²) in [6.45, 7) is 2.72. The van der Waals surface area contributed by atoms with Gasteiger partial charge in [-0.2, -0.15) is 0 Å². The predicted octanol–water partition coefficient (Wildman–Crippen LogP) is 2.22. The molecule has 2 heterocycles. The molecule has 1 aliphatic rings. The van der Waals surface area contributed by atoms with E-state index >= 15 is 0 Å². The molecule has 1 aliphatic heterocycles. The molecule has 0 bridgehead atoms. The maximum Gasteiger partial charge on any atom is 0.116 e. The Kier molecular flexibility index (Phi) is 3.82. The lowest BCUT2D eigenvalue weighted by Gasteiger charge is -2.29. The number of rotatable bonds is 4. The van der Waals surface area contributed by atoms with Crippen molar-refractivity contribution < 1.29 is 4.39 Å². The maximum atomic E-state index is 14.5. The molecule has 0 amide bonds. The van der Waals surface area contributed by atoms with Gasteiger partial charge < -0.3 is 9.88 Å². The topological polar surface area (TPSA) is 29.9 Å². The van der Waals surface area contributed by atoms with Crippen molar-refractivity contribution in [1.29, 1.82) is 0 Å². The van der Waals surface area contributed by atoms with Crippen molar-refractivity contribution in [3.8, 4) is 0 Å². The molecule has 1 saturated heterocycles. The Morgan fingerprint density at radius 3 is 3.00 bits per heavy atom. The van der Waals surface area contributed by atoms with Gasteiger partial charge in [-0.15, -0.1) is 0 Å². The number of nitrogens with one attached hydrogen (secondary N) is 1. The van der Waals surface area contributed by atoms with Crippen LogP contribution in [0.2, 0.25) is 0 Å². The lowest BCUT2D eigenvalue weighted by Crippen LogP contribution is -2.40. The van der Waals surface area contributed by atoms with E-state index in [1.165, 1.54) is 12.8 Å². The molecule has 2 atom stereocenters. The van der Waals surface area contributed by atoms with Crippen LogP contribution in [-0.2, 0) is 13.5 Å². The Morgan fingerprint density at radius 2 is 2.41 bits per heavy atom. The number of aryl methyl sites for hydroxylation is 1. The number of alkyl halides is 1. The van der Waals surface area contributed by atoms with E-state index in [1.54, 1.807) is 13.1 Å². The van der Waals surface area contributed by atoms with E-state index in [9.17, 15) is 4.39 Å². The van der Waals surface area contributed by atoms with Crippen molar-refractivity contribution in [3.63, 3.8) is 0 Å². The van der Waals surface area contributed by atoms with Gasteiger partial charge in [0.25, 0.3) is 0 Å². The Balaban J connectivity index is 1.91. The summed E-state index contributed by atoms with van der Waals surface area (Å²) < 4.78 is 16.4. The van der Waals surface area contributed by atoms with Gasteiger partial charge in [0, 0.05) is 31.9 Å². The third-order valence-electron chi connectivity index (χ3n) is 3.53. The number of piperidine rings is 1. The molecular weight excluding hydrogens is 217 g/mol. The summed E-state index contributed by atoms with van der Waals surface area (Å²) >= 11 is 0. The summed E-state index contributed by atoms with van der Waals surface area (Å²) in [6, 6.07) is 0.332. The van der Waals surface area contributed by atoms with Crippen LogP contribution in [0, 0.1) is 0 Å². The predicted molar refractivity (Wildman–Crippen MR) is 66.7 cm³/mol. The van der Waals surface area contributed by atoms with E-state index in [2.05, 4.69) is 10.3 Å². The summed E-state index contributed by atoms with van der Waals surface area (Å²) in [5.41, 5.74) is -1.17. The maximum absolute atomic E-state index is 14.5. The Hall–Kier alpha value is -0.900. The van der Waals surface area contributed by atoms with Crippen LogP contribution in [-0.4, -0.2) is 27.8 Å². The van der Waals surface area contributed by atoms with Gasteiger partial charge >= 0.3 is 0 Å². The molecular formula is C13H22FN3. The first kappa shape index (κ1) is 12.6. The van der Waals surface area contributed by atoms with Crippen molar-refractivity contribution in [2.45, 2.75) is 50.7 Å². The van der Waals surface area contributed by atoms with Crippen molar-refractivity contribution in [3.05, 3.63) is 18.2 Å². The van der Waals surface area contributed by atoms with E-state index in [-0.39, 0.29) is 0 Å². The Labute approximate surface area is 102 Å². The summed E-state index contributed by atoms with van der Waals surface area (Å²) in [6.07, 6.45) is 8.11. The molecule has 0 aromatic carbocycles. The summed E-state index contributed by atoms with van der Waals surface area (Å²) in [5, 5.41) is 3.40. The average molecular weight is 239 g/mol. The lowest BCUT2D eigenvalue weighted by atomic mass is 9.90. The summed E-state index contributed by atoms with van der Waals surface area (Å²) in [7, 11) is 1.91. The van der Waals surface area contributed by atoms with Crippen LogP contribution >= 0.6 is 0 Å².